The van der Waals surface area contributed by atoms with E-state index >= 15 is 0 Å². The minimum Gasteiger partial charge on any atom is -0.0654 e. The molecule has 92 heavy (non-hydrogen) atoms. The number of benzene rings is 8. The molecule has 0 aromatic heterocycles. The topological polar surface area (TPSA) is 0 Å². The lowest BCUT2D eigenvalue weighted by atomic mass is 9.63. The zero-order chi connectivity index (χ0) is 63.8. The van der Waals surface area contributed by atoms with Gasteiger partial charge in [0.2, 0.25) is 0 Å². The van der Waals surface area contributed by atoms with Crippen LogP contribution in [0.1, 0.15) is 290 Å². The summed E-state index contributed by atoms with van der Waals surface area (Å²) in [5.74, 6) is 0. The summed E-state index contributed by atoms with van der Waals surface area (Å²) in [7, 11) is 0. The van der Waals surface area contributed by atoms with Crippen molar-refractivity contribution >= 4 is 40.2 Å². The van der Waals surface area contributed by atoms with E-state index < -0.39 is 0 Å². The normalized spacial score (nSPS) is 14.4. The van der Waals surface area contributed by atoms with E-state index in [0.717, 1.165) is 0 Å². The summed E-state index contributed by atoms with van der Waals surface area (Å²) in [6.07, 6.45) is 46.6. The van der Waals surface area contributed by atoms with E-state index in [0.29, 0.717) is 0 Å². The number of halogens is 1. The van der Waals surface area contributed by atoms with Crippen molar-refractivity contribution in [2.45, 2.75) is 250 Å². The molecule has 11 rings (SSSR count). The molecule has 0 heterocycles. The minimum absolute atomic E-state index is 0.124. The molecule has 0 fully saturated rings. The summed E-state index contributed by atoms with van der Waals surface area (Å²) in [6.45, 7) is 14.4. The van der Waals surface area contributed by atoms with Gasteiger partial charge in [0.25, 0.3) is 0 Å². The quantitative estimate of drug-likeness (QED) is 0.0271. The smallest absolute Gasteiger partial charge is 0.0222 e. The largest absolute Gasteiger partial charge is 0.0654 e. The Balaban J connectivity index is 1.24. The predicted molar refractivity (Wildman–Crippen MR) is 407 cm³/mol. The van der Waals surface area contributed by atoms with Gasteiger partial charge in [0.1, 0.15) is 0 Å². The summed E-state index contributed by atoms with van der Waals surface area (Å²) in [4.78, 5) is 0. The highest BCUT2D eigenvalue weighted by atomic mass is 79.9. The summed E-state index contributed by atoms with van der Waals surface area (Å²) in [5, 5.41) is 0. The third-order valence-electron chi connectivity index (χ3n) is 22.1. The molecule has 0 spiro atoms. The maximum absolute atomic E-state index is 4.24. The van der Waals surface area contributed by atoms with Crippen molar-refractivity contribution in [3.05, 3.63) is 224 Å². The van der Waals surface area contributed by atoms with E-state index in [-0.39, 0.29) is 16.2 Å². The molecule has 1 heteroatoms. The maximum atomic E-state index is 4.24. The summed E-state index contributed by atoms with van der Waals surface area (Å²) >= 11 is 4.24. The van der Waals surface area contributed by atoms with E-state index in [2.05, 4.69) is 246 Å². The summed E-state index contributed by atoms with van der Waals surface area (Å²) < 4.78 is 1.23. The Kier molecular flexibility index (Phi) is 23.5. The molecule has 0 saturated heterocycles. The first-order valence-corrected chi connectivity index (χ1v) is 38.1. The van der Waals surface area contributed by atoms with Crippen LogP contribution in [0.5, 0.6) is 0 Å². The van der Waals surface area contributed by atoms with Gasteiger partial charge in [-0.1, -0.05) is 375 Å². The SMILES string of the molecule is CCCCCCC1(CCCCCC)c2cc(Br)ccc2-c2c1c1c(c3c2C(CCCCCC)(CCCCCC)c2cc(-c4ccc(/C=C/c5ccccc5)cc4)ccc2-3)C(CCCCCC)(CCCCCC)c2cc(-c3ccc(/C=C/c4ccccc4)cc3)ccc2-1. The number of hydrogen-bond donors (Lipinski definition) is 0. The lowest BCUT2D eigenvalue weighted by Gasteiger charge is -2.40. The van der Waals surface area contributed by atoms with Crippen LogP contribution in [-0.4, -0.2) is 0 Å². The Labute approximate surface area is 566 Å². The highest BCUT2D eigenvalue weighted by Crippen LogP contribution is 2.72. The summed E-state index contributed by atoms with van der Waals surface area (Å²) in [5.41, 5.74) is 29.6. The van der Waals surface area contributed by atoms with Gasteiger partial charge < -0.3 is 0 Å². The van der Waals surface area contributed by atoms with Crippen LogP contribution in [-0.2, 0) is 16.2 Å². The highest BCUT2D eigenvalue weighted by molar-refractivity contribution is 9.10. The number of unbranched alkanes of at least 4 members (excludes halogenated alkanes) is 18. The molecule has 8 aromatic carbocycles. The van der Waals surface area contributed by atoms with Crippen molar-refractivity contribution in [2.75, 3.05) is 0 Å². The van der Waals surface area contributed by atoms with Crippen LogP contribution in [0.4, 0.5) is 0 Å². The first kappa shape index (κ1) is 67.2. The van der Waals surface area contributed by atoms with E-state index in [1.165, 1.54) is 242 Å². The second-order valence-corrected chi connectivity index (χ2v) is 29.2. The minimum atomic E-state index is -0.162. The fourth-order valence-corrected chi connectivity index (χ4v) is 17.7. The lowest BCUT2D eigenvalue weighted by molar-refractivity contribution is 0.389. The standard InChI is InChI=1S/C91H109Br/c1-7-13-19-31-59-89(60-32-20-14-8-2)81-66-75(73-51-47-71(48-52-73)44-42-69-39-29-26-30-40-69)54-57-78(81)84-86(89)83-77-56-53-74(72-49-45-70(46-50-72)43-41-68-37-27-25-28-38-68)65-80(77)90(61-33-21-15-9-3,62-34-22-16-10-4)87(83)85-79-58-55-76(92)67-82(79)91(88(84)85,63-35-23-17-11-5)64-36-24-18-12-6/h25-30,37-58,65-67H,7-24,31-36,59-64H2,1-6H3/b43-41+,44-42+. The Morgan fingerprint density at radius 2 is 0.522 bits per heavy atom. The average molecular weight is 1280 g/mol. The van der Waals surface area contributed by atoms with Gasteiger partial charge >= 0.3 is 0 Å². The Morgan fingerprint density at radius 3 is 0.815 bits per heavy atom. The molecule has 0 radical (unpaired) electrons. The third kappa shape index (κ3) is 14.2. The van der Waals surface area contributed by atoms with Gasteiger partial charge in [-0.15, -0.1) is 0 Å². The molecular weight excluding hydrogens is 1170 g/mol. The molecule has 0 nitrogen and oxygen atoms in total. The van der Waals surface area contributed by atoms with Crippen molar-refractivity contribution in [1.29, 1.82) is 0 Å². The van der Waals surface area contributed by atoms with E-state index in [1.807, 2.05) is 0 Å². The fraction of sp³-hybridized carbons (Fsp3) is 0.429. The number of rotatable bonds is 36. The van der Waals surface area contributed by atoms with Crippen LogP contribution in [0.15, 0.2) is 168 Å². The average Bonchev–Trinajstić information content (AvgIpc) is 1.48. The van der Waals surface area contributed by atoms with Crippen LogP contribution in [0.2, 0.25) is 0 Å². The molecule has 0 unspecified atom stereocenters. The van der Waals surface area contributed by atoms with Crippen molar-refractivity contribution in [2.24, 2.45) is 0 Å². The van der Waals surface area contributed by atoms with Crippen LogP contribution >= 0.6 is 15.9 Å². The van der Waals surface area contributed by atoms with Crippen molar-refractivity contribution < 1.29 is 0 Å². The molecular formula is C91H109Br. The van der Waals surface area contributed by atoms with Gasteiger partial charge in [-0.2, -0.15) is 0 Å². The molecule has 0 amide bonds. The van der Waals surface area contributed by atoms with Gasteiger partial charge in [-0.3, -0.25) is 0 Å². The number of fused-ring (bicyclic) bond motifs is 12. The van der Waals surface area contributed by atoms with Crippen molar-refractivity contribution in [3.8, 4) is 55.6 Å². The Hall–Kier alpha value is -6.28. The molecule has 8 aromatic rings. The van der Waals surface area contributed by atoms with Gasteiger partial charge in [-0.25, -0.2) is 0 Å². The Bertz CT molecular complexity index is 3580. The molecule has 0 saturated carbocycles. The number of hydrogen-bond acceptors (Lipinski definition) is 0. The zero-order valence-corrected chi connectivity index (χ0v) is 59.1. The van der Waals surface area contributed by atoms with E-state index in [4.69, 9.17) is 0 Å². The molecule has 480 valence electrons. The van der Waals surface area contributed by atoms with Gasteiger partial charge in [0.05, 0.1) is 0 Å². The van der Waals surface area contributed by atoms with Crippen LogP contribution in [0.3, 0.4) is 0 Å². The van der Waals surface area contributed by atoms with E-state index in [9.17, 15) is 0 Å². The van der Waals surface area contributed by atoms with Gasteiger partial charge in [0.15, 0.2) is 0 Å². The van der Waals surface area contributed by atoms with Crippen LogP contribution in [0, 0.1) is 0 Å². The fourth-order valence-electron chi connectivity index (χ4n) is 17.3. The van der Waals surface area contributed by atoms with Gasteiger partial charge in [-0.05, 0) is 174 Å². The van der Waals surface area contributed by atoms with Crippen LogP contribution < -0.4 is 0 Å². The summed E-state index contributed by atoms with van der Waals surface area (Å²) in [6, 6.07) is 64.3. The Morgan fingerprint density at radius 1 is 0.261 bits per heavy atom. The molecule has 0 atom stereocenters. The molecule has 0 bridgehead atoms. The second-order valence-electron chi connectivity index (χ2n) is 28.3. The highest BCUT2D eigenvalue weighted by Gasteiger charge is 2.57. The molecule has 3 aliphatic carbocycles. The second kappa shape index (κ2) is 32.2. The predicted octanol–water partition coefficient (Wildman–Crippen LogP) is 28.7. The molecule has 0 N–H and O–H groups in total. The molecule has 0 aliphatic heterocycles. The van der Waals surface area contributed by atoms with Crippen LogP contribution in [0.25, 0.3) is 79.9 Å². The van der Waals surface area contributed by atoms with Crippen molar-refractivity contribution in [1.82, 2.24) is 0 Å². The lowest BCUT2D eigenvalue weighted by Crippen LogP contribution is -2.31. The molecule has 3 aliphatic rings. The maximum Gasteiger partial charge on any atom is 0.0222 e. The van der Waals surface area contributed by atoms with Crippen molar-refractivity contribution in [3.63, 3.8) is 0 Å². The first-order valence-electron chi connectivity index (χ1n) is 37.3. The van der Waals surface area contributed by atoms with E-state index in [1.54, 1.807) is 66.8 Å². The zero-order valence-electron chi connectivity index (χ0n) is 57.5. The van der Waals surface area contributed by atoms with Gasteiger partial charge in [0, 0.05) is 20.7 Å². The third-order valence-corrected chi connectivity index (χ3v) is 22.6. The monoisotopic (exact) mass is 1280 g/mol. The first-order chi connectivity index (χ1) is 45.3.